The van der Waals surface area contributed by atoms with Crippen molar-refractivity contribution in [3.63, 3.8) is 0 Å². The molecule has 0 aromatic carbocycles. The van der Waals surface area contributed by atoms with Crippen molar-refractivity contribution in [2.75, 3.05) is 18.0 Å². The van der Waals surface area contributed by atoms with E-state index in [2.05, 4.69) is 20.2 Å². The van der Waals surface area contributed by atoms with Crippen molar-refractivity contribution in [3.8, 4) is 10.7 Å². The molecule has 2 saturated carbocycles. The van der Waals surface area contributed by atoms with E-state index in [-0.39, 0.29) is 22.4 Å². The normalized spacial score (nSPS) is 22.5. The third-order valence-corrected chi connectivity index (χ3v) is 9.92. The summed E-state index contributed by atoms with van der Waals surface area (Å²) in [7, 11) is -3.98. The molecule has 0 bridgehead atoms. The summed E-state index contributed by atoms with van der Waals surface area (Å²) in [6, 6.07) is 0.633. The molecular formula is C24H29F2N7O4S2. The standard InChI is InChI=1S/C24H29F2N7O4S2/c1-23(2)11-32(10-14(28-23)22(34)35)15-8-13(39(36,37)31-24(3)6-7-24)9-33-17(16(12-4-5-12)27-19(15)33)20-29-30-21(38-20)18(25)26/h8-9,12,14,18,28,31H,4-7,10-11H2,1-3H3,(H,34,35)/t14-/m0/s1. The molecule has 3 aliphatic rings. The van der Waals surface area contributed by atoms with Crippen LogP contribution in [0.1, 0.15) is 69.5 Å². The highest BCUT2D eigenvalue weighted by Gasteiger charge is 2.43. The number of halogens is 2. The van der Waals surface area contributed by atoms with Crippen molar-refractivity contribution in [2.45, 2.75) is 80.8 Å². The quantitative estimate of drug-likeness (QED) is 0.366. The second-order valence-electron chi connectivity index (χ2n) is 11.6. The fourth-order valence-electron chi connectivity index (χ4n) is 5.09. The number of aromatic nitrogens is 4. The van der Waals surface area contributed by atoms with E-state index in [0.717, 1.165) is 37.0 Å². The Balaban J connectivity index is 1.58. The molecule has 2 aliphatic carbocycles. The number of carboxylic acid groups (broad SMARTS) is 1. The summed E-state index contributed by atoms with van der Waals surface area (Å²) in [5, 5.41) is 20.4. The van der Waals surface area contributed by atoms with Gasteiger partial charge in [0.2, 0.25) is 10.0 Å². The lowest BCUT2D eigenvalue weighted by molar-refractivity contribution is -0.140. The highest BCUT2D eigenvalue weighted by Crippen LogP contribution is 2.46. The fraction of sp³-hybridized carbons (Fsp3) is 0.583. The van der Waals surface area contributed by atoms with Gasteiger partial charge < -0.3 is 10.0 Å². The van der Waals surface area contributed by atoms with Crippen LogP contribution in [0.3, 0.4) is 0 Å². The van der Waals surface area contributed by atoms with Gasteiger partial charge in [0.15, 0.2) is 15.7 Å². The number of piperazine rings is 1. The van der Waals surface area contributed by atoms with E-state index in [0.29, 0.717) is 29.3 Å². The van der Waals surface area contributed by atoms with E-state index >= 15 is 0 Å². The van der Waals surface area contributed by atoms with Crippen molar-refractivity contribution in [1.29, 1.82) is 0 Å². The zero-order valence-electron chi connectivity index (χ0n) is 21.6. The van der Waals surface area contributed by atoms with Gasteiger partial charge in [0.1, 0.15) is 16.6 Å². The molecule has 1 saturated heterocycles. The van der Waals surface area contributed by atoms with Gasteiger partial charge in [-0.15, -0.1) is 10.2 Å². The number of hydrogen-bond donors (Lipinski definition) is 3. The van der Waals surface area contributed by atoms with Crippen molar-refractivity contribution in [2.24, 2.45) is 0 Å². The molecule has 3 fully saturated rings. The minimum absolute atomic E-state index is 0.0269. The molecule has 15 heteroatoms. The van der Waals surface area contributed by atoms with Crippen LogP contribution in [0.4, 0.5) is 14.5 Å². The van der Waals surface area contributed by atoms with Crippen molar-refractivity contribution in [3.05, 3.63) is 23.0 Å². The van der Waals surface area contributed by atoms with Gasteiger partial charge in [-0.05, 0) is 52.5 Å². The van der Waals surface area contributed by atoms with Gasteiger partial charge in [0.25, 0.3) is 6.43 Å². The summed E-state index contributed by atoms with van der Waals surface area (Å²) in [5.41, 5.74) is 0.825. The molecular weight excluding hydrogens is 552 g/mol. The Morgan fingerprint density at radius 1 is 1.26 bits per heavy atom. The van der Waals surface area contributed by atoms with Gasteiger partial charge >= 0.3 is 5.97 Å². The molecule has 210 valence electrons. The Labute approximate surface area is 227 Å². The summed E-state index contributed by atoms with van der Waals surface area (Å²) in [5.74, 6) is -0.937. The number of nitrogens with zero attached hydrogens (tertiary/aromatic N) is 5. The lowest BCUT2D eigenvalue weighted by Gasteiger charge is -2.43. The minimum atomic E-state index is -3.98. The van der Waals surface area contributed by atoms with Gasteiger partial charge in [0.05, 0.1) is 11.4 Å². The van der Waals surface area contributed by atoms with Gasteiger partial charge in [-0.1, -0.05) is 11.3 Å². The minimum Gasteiger partial charge on any atom is -0.480 e. The number of alkyl halides is 2. The van der Waals surface area contributed by atoms with Gasteiger partial charge in [-0.25, -0.2) is 26.9 Å². The smallest absolute Gasteiger partial charge is 0.322 e. The predicted octanol–water partition coefficient (Wildman–Crippen LogP) is 3.14. The third-order valence-electron chi connectivity index (χ3n) is 7.38. The van der Waals surface area contributed by atoms with E-state index < -0.39 is 44.5 Å². The number of rotatable bonds is 8. The van der Waals surface area contributed by atoms with E-state index in [9.17, 15) is 27.1 Å². The first-order chi connectivity index (χ1) is 18.3. The van der Waals surface area contributed by atoms with Gasteiger partial charge in [0, 0.05) is 36.3 Å². The number of carboxylic acids is 1. The number of sulfonamides is 1. The van der Waals surface area contributed by atoms with Crippen molar-refractivity contribution in [1.82, 2.24) is 29.6 Å². The Morgan fingerprint density at radius 3 is 2.56 bits per heavy atom. The molecule has 0 unspecified atom stereocenters. The summed E-state index contributed by atoms with van der Waals surface area (Å²) < 4.78 is 58.3. The van der Waals surface area contributed by atoms with Gasteiger partial charge in [-0.2, -0.15) is 0 Å². The monoisotopic (exact) mass is 581 g/mol. The highest BCUT2D eigenvalue weighted by molar-refractivity contribution is 7.89. The molecule has 6 rings (SSSR count). The van der Waals surface area contributed by atoms with Crippen LogP contribution in [0, 0.1) is 0 Å². The average Bonchev–Trinajstić information content (AvgIpc) is 3.72. The maximum absolute atomic E-state index is 13.6. The lowest BCUT2D eigenvalue weighted by atomic mass is 9.98. The number of nitrogens with one attached hydrogen (secondary N) is 2. The number of pyridine rings is 1. The van der Waals surface area contributed by atoms with Crippen molar-refractivity contribution < 1.29 is 27.1 Å². The Bertz CT molecular complexity index is 1580. The van der Waals surface area contributed by atoms with E-state index in [1.54, 1.807) is 4.40 Å². The first-order valence-corrected chi connectivity index (χ1v) is 15.0. The maximum atomic E-state index is 13.6. The van der Waals surface area contributed by atoms with Crippen LogP contribution < -0.4 is 14.9 Å². The molecule has 0 spiro atoms. The zero-order valence-corrected chi connectivity index (χ0v) is 23.2. The molecule has 0 amide bonds. The average molecular weight is 582 g/mol. The number of aliphatic carboxylic acids is 1. The maximum Gasteiger partial charge on any atom is 0.322 e. The number of carbonyl (C=O) groups is 1. The third kappa shape index (κ3) is 5.00. The summed E-state index contributed by atoms with van der Waals surface area (Å²) in [4.78, 5) is 18.7. The van der Waals surface area contributed by atoms with Crippen LogP contribution in [0.5, 0.6) is 0 Å². The first kappa shape index (κ1) is 26.5. The largest absolute Gasteiger partial charge is 0.480 e. The molecule has 11 nitrogen and oxygen atoms in total. The number of hydrogen-bond acceptors (Lipinski definition) is 9. The van der Waals surface area contributed by atoms with Crippen LogP contribution in [-0.2, 0) is 14.8 Å². The number of fused-ring (bicyclic) bond motifs is 1. The van der Waals surface area contributed by atoms with E-state index in [1.165, 1.54) is 12.3 Å². The molecule has 4 heterocycles. The van der Waals surface area contributed by atoms with Crippen LogP contribution >= 0.6 is 11.3 Å². The topological polar surface area (TPSA) is 142 Å². The summed E-state index contributed by atoms with van der Waals surface area (Å²) >= 11 is 0.752. The molecule has 1 aliphatic heterocycles. The second kappa shape index (κ2) is 8.88. The van der Waals surface area contributed by atoms with E-state index in [4.69, 9.17) is 4.98 Å². The molecule has 3 aromatic heterocycles. The fourth-order valence-corrected chi connectivity index (χ4v) is 7.33. The Kier molecular flexibility index (Phi) is 6.03. The van der Waals surface area contributed by atoms with Crippen LogP contribution in [0.15, 0.2) is 17.2 Å². The number of anilines is 1. The number of imidazole rings is 1. The Hall–Kier alpha value is -2.75. The first-order valence-electron chi connectivity index (χ1n) is 12.7. The van der Waals surface area contributed by atoms with Crippen LogP contribution in [-0.4, -0.2) is 69.3 Å². The van der Waals surface area contributed by atoms with Crippen LogP contribution in [0.25, 0.3) is 16.3 Å². The summed E-state index contributed by atoms with van der Waals surface area (Å²) in [6.45, 7) is 6.06. The van der Waals surface area contributed by atoms with Gasteiger partial charge in [-0.3, -0.25) is 14.5 Å². The predicted molar refractivity (Wildman–Crippen MR) is 140 cm³/mol. The molecule has 3 aromatic rings. The lowest BCUT2D eigenvalue weighted by Crippen LogP contribution is -2.64. The Morgan fingerprint density at radius 2 is 1.97 bits per heavy atom. The van der Waals surface area contributed by atoms with Crippen molar-refractivity contribution >= 4 is 38.7 Å². The second-order valence-corrected chi connectivity index (χ2v) is 14.3. The molecule has 1 atom stereocenters. The summed E-state index contributed by atoms with van der Waals surface area (Å²) in [6.07, 6.45) is 1.82. The highest BCUT2D eigenvalue weighted by atomic mass is 32.2. The molecule has 0 radical (unpaired) electrons. The SMILES string of the molecule is CC1(C)CN(c2cc(S(=O)(=O)NC3(C)CC3)cn3c(-c4nnc(C(F)F)s4)c(C4CC4)nc23)C[C@@H](C(=O)O)N1. The van der Waals surface area contributed by atoms with Crippen LogP contribution in [0.2, 0.25) is 0 Å². The molecule has 3 N–H and O–H groups in total. The van der Waals surface area contributed by atoms with E-state index in [1.807, 2.05) is 25.7 Å². The zero-order chi connectivity index (χ0) is 27.9. The molecule has 39 heavy (non-hydrogen) atoms.